The summed E-state index contributed by atoms with van der Waals surface area (Å²) < 4.78 is 0. The third-order valence-electron chi connectivity index (χ3n) is 6.88. The molecular weight excluding hydrogens is 410 g/mol. The molecule has 1 aromatic carbocycles. The second kappa shape index (κ2) is 15.4. The minimum absolute atomic E-state index is 0.105. The molecule has 0 aliphatic carbocycles. The SMILES string of the molecule is C=C/C=C\c1cccc(NC(=C)C(CCCCCC(=C)C)(CCCCCC(=C)C)C(=C)C)c1C. The summed E-state index contributed by atoms with van der Waals surface area (Å²) in [4.78, 5) is 0. The number of allylic oxidation sites excluding steroid dienone is 5. The van der Waals surface area contributed by atoms with Gasteiger partial charge in [0.2, 0.25) is 0 Å². The highest BCUT2D eigenvalue weighted by atomic mass is 14.9. The zero-order chi connectivity index (χ0) is 25.6. The van der Waals surface area contributed by atoms with Crippen LogP contribution in [0.3, 0.4) is 0 Å². The van der Waals surface area contributed by atoms with Crippen LogP contribution in [-0.4, -0.2) is 0 Å². The highest BCUT2D eigenvalue weighted by Crippen LogP contribution is 2.44. The summed E-state index contributed by atoms with van der Waals surface area (Å²) in [7, 11) is 0. The highest BCUT2D eigenvalue weighted by molar-refractivity contribution is 5.66. The lowest BCUT2D eigenvalue weighted by molar-refractivity contribution is 0.336. The van der Waals surface area contributed by atoms with Crippen molar-refractivity contribution >= 4 is 11.8 Å². The van der Waals surface area contributed by atoms with E-state index in [0.717, 1.165) is 37.1 Å². The van der Waals surface area contributed by atoms with E-state index in [4.69, 9.17) is 0 Å². The van der Waals surface area contributed by atoms with Crippen molar-refractivity contribution in [3.63, 3.8) is 0 Å². The number of hydrogen-bond donors (Lipinski definition) is 1. The van der Waals surface area contributed by atoms with Crippen molar-refractivity contribution in [2.75, 3.05) is 5.32 Å². The monoisotopic (exact) mass is 459 g/mol. The molecular formula is C33H49N. The molecule has 0 spiro atoms. The standard InChI is InChI=1S/C33H49N/c1-10-11-21-31-22-18-23-32(29(31)8)34-30(9)33(28(6)7,24-16-12-14-19-26(2)3)25-17-13-15-20-27(4)5/h10-11,18,21-23,34H,1-2,4,6,9,12-17,19-20,24-25H2,3,5,7-8H3/b21-11-. The molecule has 1 N–H and O–H groups in total. The Labute approximate surface area is 211 Å². The summed E-state index contributed by atoms with van der Waals surface area (Å²) in [5.74, 6) is 0. The van der Waals surface area contributed by atoms with E-state index in [-0.39, 0.29) is 5.41 Å². The van der Waals surface area contributed by atoms with Crippen molar-refractivity contribution in [1.29, 1.82) is 0 Å². The molecule has 0 heterocycles. The van der Waals surface area contributed by atoms with Crippen LogP contribution in [0, 0.1) is 12.3 Å². The summed E-state index contributed by atoms with van der Waals surface area (Å²) in [5.41, 5.74) is 8.26. The second-order valence-electron chi connectivity index (χ2n) is 10.1. The molecule has 186 valence electrons. The number of anilines is 1. The fourth-order valence-corrected chi connectivity index (χ4v) is 4.60. The molecule has 0 aromatic heterocycles. The van der Waals surface area contributed by atoms with Gasteiger partial charge >= 0.3 is 0 Å². The summed E-state index contributed by atoms with van der Waals surface area (Å²) in [5, 5.41) is 3.72. The lowest BCUT2D eigenvalue weighted by atomic mass is 9.70. The van der Waals surface area contributed by atoms with E-state index in [2.05, 4.69) is 90.2 Å². The van der Waals surface area contributed by atoms with Gasteiger partial charge in [-0.3, -0.25) is 0 Å². The average molecular weight is 460 g/mol. The van der Waals surface area contributed by atoms with E-state index < -0.39 is 0 Å². The molecule has 0 aliphatic heterocycles. The van der Waals surface area contributed by atoms with Crippen molar-refractivity contribution in [3.05, 3.63) is 96.8 Å². The lowest BCUT2D eigenvalue weighted by Crippen LogP contribution is -2.29. The molecule has 0 fully saturated rings. The third-order valence-corrected chi connectivity index (χ3v) is 6.88. The van der Waals surface area contributed by atoms with E-state index in [0.29, 0.717) is 0 Å². The largest absolute Gasteiger partial charge is 0.358 e. The van der Waals surface area contributed by atoms with E-state index in [9.17, 15) is 0 Å². The molecule has 0 radical (unpaired) electrons. The predicted octanol–water partition coefficient (Wildman–Crippen LogP) is 10.7. The molecule has 1 rings (SSSR count). The van der Waals surface area contributed by atoms with Gasteiger partial charge in [0.1, 0.15) is 0 Å². The first-order chi connectivity index (χ1) is 16.1. The van der Waals surface area contributed by atoms with Gasteiger partial charge in [-0.1, -0.05) is 92.5 Å². The van der Waals surface area contributed by atoms with Crippen LogP contribution in [0.1, 0.15) is 96.1 Å². The summed E-state index contributed by atoms with van der Waals surface area (Å²) >= 11 is 0. The van der Waals surface area contributed by atoms with E-state index in [1.54, 1.807) is 0 Å². The predicted molar refractivity (Wildman–Crippen MR) is 156 cm³/mol. The molecule has 0 saturated carbocycles. The van der Waals surface area contributed by atoms with Crippen LogP contribution in [0.5, 0.6) is 0 Å². The fourth-order valence-electron chi connectivity index (χ4n) is 4.60. The van der Waals surface area contributed by atoms with E-state index in [1.807, 2.05) is 12.2 Å². The molecule has 1 aromatic rings. The van der Waals surface area contributed by atoms with Gasteiger partial charge in [0.05, 0.1) is 0 Å². The first-order valence-electron chi connectivity index (χ1n) is 12.9. The van der Waals surface area contributed by atoms with Gasteiger partial charge in [-0.25, -0.2) is 0 Å². The Balaban J connectivity index is 3.07. The van der Waals surface area contributed by atoms with Crippen LogP contribution in [0.25, 0.3) is 6.08 Å². The Morgan fingerprint density at radius 3 is 1.88 bits per heavy atom. The lowest BCUT2D eigenvalue weighted by Gasteiger charge is -2.38. The maximum absolute atomic E-state index is 4.60. The minimum Gasteiger partial charge on any atom is -0.358 e. The normalized spacial score (nSPS) is 11.4. The maximum Gasteiger partial charge on any atom is 0.0417 e. The first kappa shape index (κ1) is 29.5. The first-order valence-corrected chi connectivity index (χ1v) is 12.9. The van der Waals surface area contributed by atoms with Gasteiger partial charge in [0.15, 0.2) is 0 Å². The van der Waals surface area contributed by atoms with Crippen molar-refractivity contribution in [3.8, 4) is 0 Å². The molecule has 0 atom stereocenters. The quantitative estimate of drug-likeness (QED) is 0.131. The van der Waals surface area contributed by atoms with Crippen LogP contribution < -0.4 is 5.32 Å². The summed E-state index contributed by atoms with van der Waals surface area (Å²) in [6.45, 7) is 29.6. The molecule has 0 unspecified atom stereocenters. The van der Waals surface area contributed by atoms with Crippen molar-refractivity contribution in [1.82, 2.24) is 0 Å². The Kier molecular flexibility index (Phi) is 13.3. The number of rotatable bonds is 18. The van der Waals surface area contributed by atoms with Gasteiger partial charge in [-0.05, 0) is 83.4 Å². The van der Waals surface area contributed by atoms with Crippen LogP contribution >= 0.6 is 0 Å². The summed E-state index contributed by atoms with van der Waals surface area (Å²) in [6, 6.07) is 6.39. The average Bonchev–Trinajstić information content (AvgIpc) is 2.77. The maximum atomic E-state index is 4.60. The molecule has 0 saturated heterocycles. The van der Waals surface area contributed by atoms with Crippen LogP contribution in [-0.2, 0) is 0 Å². The number of unbranched alkanes of at least 4 members (excludes halogenated alkanes) is 4. The highest BCUT2D eigenvalue weighted by Gasteiger charge is 2.33. The van der Waals surface area contributed by atoms with Gasteiger partial charge in [0.25, 0.3) is 0 Å². The van der Waals surface area contributed by atoms with Gasteiger partial charge < -0.3 is 5.32 Å². The Bertz CT molecular complexity index is 856. The molecule has 34 heavy (non-hydrogen) atoms. The number of nitrogens with one attached hydrogen (secondary N) is 1. The van der Waals surface area contributed by atoms with Gasteiger partial charge in [0, 0.05) is 16.8 Å². The fraction of sp³-hybridized carbons (Fsp3) is 0.455. The minimum atomic E-state index is -0.105. The van der Waals surface area contributed by atoms with Crippen LogP contribution in [0.15, 0.2) is 85.7 Å². The van der Waals surface area contributed by atoms with Gasteiger partial charge in [-0.15, -0.1) is 13.2 Å². The van der Waals surface area contributed by atoms with Crippen molar-refractivity contribution in [2.45, 2.75) is 91.9 Å². The van der Waals surface area contributed by atoms with Crippen molar-refractivity contribution < 1.29 is 0 Å². The van der Waals surface area contributed by atoms with E-state index >= 15 is 0 Å². The van der Waals surface area contributed by atoms with Crippen LogP contribution in [0.4, 0.5) is 5.69 Å². The molecule has 0 bridgehead atoms. The third kappa shape index (κ3) is 9.75. The molecule has 1 heteroatoms. The number of hydrogen-bond acceptors (Lipinski definition) is 1. The molecule has 0 aliphatic rings. The van der Waals surface area contributed by atoms with Gasteiger partial charge in [-0.2, -0.15) is 0 Å². The Morgan fingerprint density at radius 2 is 1.41 bits per heavy atom. The molecule has 1 nitrogen and oxygen atoms in total. The number of benzene rings is 1. The zero-order valence-electron chi connectivity index (χ0n) is 22.6. The Morgan fingerprint density at radius 1 is 0.853 bits per heavy atom. The summed E-state index contributed by atoms with van der Waals surface area (Å²) in [6.07, 6.45) is 17.5. The zero-order valence-corrected chi connectivity index (χ0v) is 22.6. The van der Waals surface area contributed by atoms with Crippen molar-refractivity contribution in [2.24, 2.45) is 5.41 Å². The molecule has 0 amide bonds. The topological polar surface area (TPSA) is 12.0 Å². The van der Waals surface area contributed by atoms with E-state index in [1.165, 1.54) is 66.4 Å². The second-order valence-corrected chi connectivity index (χ2v) is 10.1. The Hall–Kier alpha value is -2.54. The van der Waals surface area contributed by atoms with Crippen LogP contribution in [0.2, 0.25) is 0 Å². The smallest absolute Gasteiger partial charge is 0.0417 e.